The number of carbonyl (C=O) groups is 1. The topological polar surface area (TPSA) is 122 Å². The van der Waals surface area contributed by atoms with E-state index in [4.69, 9.17) is 49.8 Å². The van der Waals surface area contributed by atoms with Crippen LogP contribution in [-0.4, -0.2) is 94.8 Å². The first-order valence-electron chi connectivity index (χ1n) is 58.8. The van der Waals surface area contributed by atoms with Crippen LogP contribution in [0.5, 0.6) is 0 Å². The Morgan fingerprint density at radius 2 is 0.515 bits per heavy atom. The predicted octanol–water partition coefficient (Wildman–Crippen LogP) is 39.5. The summed E-state index contributed by atoms with van der Waals surface area (Å²) >= 11 is 0. The molecule has 2 N–H and O–H groups in total. The highest BCUT2D eigenvalue weighted by molar-refractivity contribution is 5.48. The number of hydrogen-bond donors (Lipinski definition) is 2. The van der Waals surface area contributed by atoms with E-state index in [1.807, 2.05) is 6.08 Å². The first-order chi connectivity index (χ1) is 65.4. The van der Waals surface area contributed by atoms with Crippen molar-refractivity contribution in [2.45, 2.75) is 646 Å². The summed E-state index contributed by atoms with van der Waals surface area (Å²) in [5, 5.41) is 17.2. The van der Waals surface area contributed by atoms with E-state index in [-0.39, 0.29) is 18.9 Å². The van der Waals surface area contributed by atoms with Gasteiger partial charge in [-0.3, -0.25) is 0 Å². The Hall–Kier alpha value is -2.77. The minimum Gasteiger partial charge on any atom is -0.502 e. The SMILES string of the molecule is C#CCCCC.C1=COCCC1.CCCC/C=C\CCCCCCCCCC=O.CCCC/C=C\CCCCCCCCCCO.CCCC/C=C\CCCCCCCCCCOC1CCCCO1.CCCCC#CCCCCCCCCCOC1CCCCO1.CCCCCCCCCCC.CCCCCCCCCCCO.CCCCCCCCCCCOC1CCCCO1. The van der Waals surface area contributed by atoms with Crippen molar-refractivity contribution in [2.24, 2.45) is 0 Å². The van der Waals surface area contributed by atoms with Crippen molar-refractivity contribution < 1.29 is 48.2 Å². The summed E-state index contributed by atoms with van der Waals surface area (Å²) in [4.78, 5) is 10.1. The molecule has 0 radical (unpaired) electrons. The van der Waals surface area contributed by atoms with Crippen LogP contribution in [0.4, 0.5) is 0 Å². The van der Waals surface area contributed by atoms with E-state index in [0.29, 0.717) is 13.2 Å². The molecule has 132 heavy (non-hydrogen) atoms. The molecule has 0 aromatic carbocycles. The number of aliphatic hydroxyl groups excluding tert-OH is 2. The zero-order valence-corrected chi connectivity index (χ0v) is 90.8. The van der Waals surface area contributed by atoms with Crippen LogP contribution < -0.4 is 0 Å². The monoisotopic (exact) mass is 1860 g/mol. The van der Waals surface area contributed by atoms with Gasteiger partial charge in [0, 0.05) is 78.5 Å². The van der Waals surface area contributed by atoms with E-state index < -0.39 is 0 Å². The summed E-state index contributed by atoms with van der Waals surface area (Å²) < 4.78 is 38.8. The second-order valence-electron chi connectivity index (χ2n) is 38.2. The van der Waals surface area contributed by atoms with Crippen LogP contribution in [0, 0.1) is 24.2 Å². The molecule has 4 aliphatic heterocycles. The van der Waals surface area contributed by atoms with Crippen molar-refractivity contribution in [1.29, 1.82) is 0 Å². The first-order valence-corrected chi connectivity index (χ1v) is 58.8. The van der Waals surface area contributed by atoms with Gasteiger partial charge in [-0.05, 0) is 192 Å². The predicted molar refractivity (Wildman–Crippen MR) is 584 cm³/mol. The maximum Gasteiger partial charge on any atom is 0.157 e. The summed E-state index contributed by atoms with van der Waals surface area (Å²) in [6.45, 7) is 27.1. The zero-order chi connectivity index (χ0) is 96.8. The molecule has 0 bridgehead atoms. The molecule has 0 aromatic heterocycles. The molecular formula is C122H236O10. The van der Waals surface area contributed by atoms with Crippen LogP contribution in [0.3, 0.4) is 0 Å². The van der Waals surface area contributed by atoms with Crippen LogP contribution in [0.1, 0.15) is 627 Å². The average molecular weight is 1860 g/mol. The van der Waals surface area contributed by atoms with Gasteiger partial charge in [0.15, 0.2) is 18.9 Å². The number of hydrogen-bond acceptors (Lipinski definition) is 10. The molecule has 4 rings (SSSR count). The van der Waals surface area contributed by atoms with Gasteiger partial charge in [-0.2, -0.15) is 0 Å². The van der Waals surface area contributed by atoms with Crippen LogP contribution in [0.15, 0.2) is 48.8 Å². The molecule has 4 heterocycles. The Kier molecular flexibility index (Phi) is 145. The van der Waals surface area contributed by atoms with Crippen molar-refractivity contribution in [2.75, 3.05) is 59.5 Å². The summed E-state index contributed by atoms with van der Waals surface area (Å²) in [7, 11) is 0. The van der Waals surface area contributed by atoms with E-state index in [0.717, 1.165) is 117 Å². The highest BCUT2D eigenvalue weighted by Gasteiger charge is 2.16. The van der Waals surface area contributed by atoms with Crippen molar-refractivity contribution in [3.05, 3.63) is 48.8 Å². The Morgan fingerprint density at radius 1 is 0.273 bits per heavy atom. The van der Waals surface area contributed by atoms with E-state index in [9.17, 15) is 4.79 Å². The van der Waals surface area contributed by atoms with E-state index in [1.54, 1.807) is 6.26 Å². The molecule has 784 valence electrons. The summed E-state index contributed by atoms with van der Waals surface area (Å²) in [5.41, 5.74) is 0. The lowest BCUT2D eigenvalue weighted by Crippen LogP contribution is -2.22. The number of allylic oxidation sites excluding steroid dienone is 7. The molecule has 10 nitrogen and oxygen atoms in total. The Balaban J connectivity index is -0.000000469. The molecule has 3 fully saturated rings. The molecule has 3 saturated heterocycles. The highest BCUT2D eigenvalue weighted by atomic mass is 16.7. The number of carbonyl (C=O) groups excluding carboxylic acids is 1. The maximum absolute atomic E-state index is 10.1. The van der Waals surface area contributed by atoms with Gasteiger partial charge in [0.1, 0.15) is 6.29 Å². The molecular weight excluding hydrogens is 1630 g/mol. The molecule has 3 unspecified atom stereocenters. The van der Waals surface area contributed by atoms with Gasteiger partial charge in [0.05, 0.1) is 12.9 Å². The normalized spacial score (nSPS) is 15.0. The fraction of sp³-hybridized carbons (Fsp3) is 0.893. The Bertz CT molecular complexity index is 2150. The lowest BCUT2D eigenvalue weighted by Gasteiger charge is -2.22. The van der Waals surface area contributed by atoms with Crippen LogP contribution in [-0.2, 0) is 38.0 Å². The van der Waals surface area contributed by atoms with Crippen molar-refractivity contribution >= 4 is 6.29 Å². The number of unbranched alkanes of at least 4 members (excludes halogenated alkanes) is 65. The van der Waals surface area contributed by atoms with Gasteiger partial charge in [-0.1, -0.05) is 452 Å². The molecule has 0 spiro atoms. The third-order valence-corrected chi connectivity index (χ3v) is 24.7. The zero-order valence-electron chi connectivity index (χ0n) is 90.8. The lowest BCUT2D eigenvalue weighted by atomic mass is 10.1. The molecule has 0 aromatic rings. The second-order valence-corrected chi connectivity index (χ2v) is 38.2. The maximum atomic E-state index is 10.1. The fourth-order valence-corrected chi connectivity index (χ4v) is 15.7. The van der Waals surface area contributed by atoms with E-state index in [1.165, 1.54) is 501 Å². The third-order valence-electron chi connectivity index (χ3n) is 24.7. The van der Waals surface area contributed by atoms with E-state index >= 15 is 0 Å². The second kappa shape index (κ2) is 139. The number of aliphatic hydroxyl groups is 2. The average Bonchev–Trinajstić information content (AvgIpc) is 0.975. The fourth-order valence-electron chi connectivity index (χ4n) is 15.7. The number of ether oxygens (including phenoxy) is 7. The summed E-state index contributed by atoms with van der Waals surface area (Å²) in [6.07, 6.45) is 138. The van der Waals surface area contributed by atoms with Gasteiger partial charge in [0.25, 0.3) is 0 Å². The molecule has 3 atom stereocenters. The van der Waals surface area contributed by atoms with Gasteiger partial charge in [0.2, 0.25) is 0 Å². The quantitative estimate of drug-likeness (QED) is 0.0263. The minimum absolute atomic E-state index is 0.0900. The van der Waals surface area contributed by atoms with Crippen LogP contribution in [0.2, 0.25) is 0 Å². The summed E-state index contributed by atoms with van der Waals surface area (Å²) in [6, 6.07) is 0. The number of terminal acetylenes is 1. The molecule has 0 amide bonds. The highest BCUT2D eigenvalue weighted by Crippen LogP contribution is 2.21. The van der Waals surface area contributed by atoms with Gasteiger partial charge < -0.3 is 48.2 Å². The number of aldehydes is 1. The first kappa shape index (κ1) is 138. The van der Waals surface area contributed by atoms with Crippen molar-refractivity contribution in [3.8, 4) is 24.2 Å². The molecule has 0 saturated carbocycles. The standard InChI is InChI=1S/C21H40O2.C20H36O2.C16H32O2.C16H32O.C16H30O.C11H24O.C11H24.C6H10.C5H8O/c1-2-3-4-5-6-7-8-9-10-11-12-13-14-16-19-22-21-18-15-17-20-23-21;1-2-3-4-5-6-7-8-9-10-11-12-13-15-18-21-20-17-14-16-19-22-20;1-2-3-4-5-6-7-8-9-11-14-17-16-13-10-12-15-18-16;2*1-2-3-4-5-6-7-8-9-10-11-12-13-14-15-16-17;1-2-3-4-5-6-7-8-9-10-11-12;1-3-5-7-9-11-10-8-6-4-2;1-3-5-6-4-2;1-2-4-6-5-3-1/h5-6,21H,2-4,7-20H2,1H3;20H,2-4,7-19H2,1H3;16H,2-15H2,1H3;5-6,17H,2-4,7-16H2,1H3;5-6,16H,2-4,7-15H2,1H3;12H,2-11H2,1H3;3-11H2,1-2H3;1H,4-6H2,2H3;2,4H,1,3,5H2/b6-5-;;;2*6-5-;;;;. The molecule has 4 aliphatic rings. The van der Waals surface area contributed by atoms with Gasteiger partial charge in [-0.15, -0.1) is 24.2 Å². The van der Waals surface area contributed by atoms with Crippen molar-refractivity contribution in [1.82, 2.24) is 0 Å². The lowest BCUT2D eigenvalue weighted by molar-refractivity contribution is -0.163. The minimum atomic E-state index is 0.0900. The number of rotatable bonds is 83. The van der Waals surface area contributed by atoms with E-state index in [2.05, 4.69) is 117 Å². The Morgan fingerprint density at radius 3 is 0.735 bits per heavy atom. The van der Waals surface area contributed by atoms with Crippen LogP contribution in [0.25, 0.3) is 0 Å². The smallest absolute Gasteiger partial charge is 0.157 e. The third kappa shape index (κ3) is 140. The largest absolute Gasteiger partial charge is 0.502 e. The summed E-state index contributed by atoms with van der Waals surface area (Å²) in [5.74, 6) is 9.12. The molecule has 0 aliphatic carbocycles. The molecule has 10 heteroatoms. The van der Waals surface area contributed by atoms with Gasteiger partial charge >= 0.3 is 0 Å². The Labute approximate surface area is 828 Å². The van der Waals surface area contributed by atoms with Gasteiger partial charge in [-0.25, -0.2) is 0 Å². The van der Waals surface area contributed by atoms with Crippen LogP contribution >= 0.6 is 0 Å². The van der Waals surface area contributed by atoms with Crippen molar-refractivity contribution in [3.63, 3.8) is 0 Å².